The highest BCUT2D eigenvalue weighted by Crippen LogP contribution is 2.33. The molecule has 0 atom stereocenters. The summed E-state index contributed by atoms with van der Waals surface area (Å²) in [5.41, 5.74) is 7.27. The number of hydrogen-bond acceptors (Lipinski definition) is 2. The summed E-state index contributed by atoms with van der Waals surface area (Å²) in [7, 11) is 0. The van der Waals surface area contributed by atoms with Gasteiger partial charge in [-0.05, 0) is 66.0 Å². The highest BCUT2D eigenvalue weighted by Gasteiger charge is 2.22. The van der Waals surface area contributed by atoms with Gasteiger partial charge in [-0.2, -0.15) is 0 Å². The molecule has 1 aromatic carbocycles. The molecule has 1 heterocycles. The zero-order chi connectivity index (χ0) is 16.4. The summed E-state index contributed by atoms with van der Waals surface area (Å²) in [6.45, 7) is 6.00. The summed E-state index contributed by atoms with van der Waals surface area (Å²) in [6.07, 6.45) is 11.2. The molecule has 0 spiro atoms. The van der Waals surface area contributed by atoms with Gasteiger partial charge in [0.1, 0.15) is 0 Å². The van der Waals surface area contributed by atoms with Crippen LogP contribution in [0.25, 0.3) is 6.08 Å². The quantitative estimate of drug-likeness (QED) is 0.879. The number of allylic oxidation sites excluding steroid dienone is 1. The first-order valence-electron chi connectivity index (χ1n) is 8.82. The third-order valence-corrected chi connectivity index (χ3v) is 5.57. The van der Waals surface area contributed by atoms with Gasteiger partial charge < -0.3 is 10.4 Å². The third kappa shape index (κ3) is 3.35. The number of aliphatic carboxylic acids is 1. The molecule has 3 heteroatoms. The van der Waals surface area contributed by atoms with E-state index in [0.29, 0.717) is 5.92 Å². The maximum atomic E-state index is 11.4. The number of carbonyl (C=O) groups is 1. The van der Waals surface area contributed by atoms with Crippen LogP contribution in [0.15, 0.2) is 6.08 Å². The third-order valence-electron chi connectivity index (χ3n) is 5.57. The van der Waals surface area contributed by atoms with Crippen LogP contribution in [0.4, 0.5) is 0 Å². The summed E-state index contributed by atoms with van der Waals surface area (Å²) in [4.78, 5) is 11.4. The number of carboxylic acids is 1. The topological polar surface area (TPSA) is 49.3 Å². The second-order valence-electron chi connectivity index (χ2n) is 7.03. The smallest absolute Gasteiger partial charge is 0.307 e. The Kier molecular flexibility index (Phi) is 4.86. The molecular weight excluding hydrogens is 286 g/mol. The van der Waals surface area contributed by atoms with Crippen LogP contribution in [0.1, 0.15) is 65.5 Å². The van der Waals surface area contributed by atoms with E-state index in [1.54, 1.807) is 0 Å². The molecular formula is C20H27NO2. The first-order valence-corrected chi connectivity index (χ1v) is 8.82. The molecule has 1 aliphatic heterocycles. The molecule has 1 aliphatic carbocycles. The van der Waals surface area contributed by atoms with Gasteiger partial charge in [-0.3, -0.25) is 4.79 Å². The normalized spacial score (nSPS) is 18.5. The minimum Gasteiger partial charge on any atom is -0.481 e. The molecule has 1 aromatic rings. The Hall–Kier alpha value is -1.61. The summed E-state index contributed by atoms with van der Waals surface area (Å²) in [5, 5.41) is 12.7. The van der Waals surface area contributed by atoms with Crippen molar-refractivity contribution >= 4 is 12.0 Å². The maximum Gasteiger partial charge on any atom is 0.307 e. The van der Waals surface area contributed by atoms with Crippen LogP contribution in [0.3, 0.4) is 0 Å². The molecule has 124 valence electrons. The molecule has 1 fully saturated rings. The van der Waals surface area contributed by atoms with Gasteiger partial charge in [0, 0.05) is 13.1 Å². The van der Waals surface area contributed by atoms with Crippen LogP contribution in [0.5, 0.6) is 0 Å². The van der Waals surface area contributed by atoms with Crippen molar-refractivity contribution in [2.45, 2.75) is 65.5 Å². The molecule has 0 bridgehead atoms. The van der Waals surface area contributed by atoms with Crippen LogP contribution >= 0.6 is 0 Å². The fourth-order valence-corrected chi connectivity index (χ4v) is 4.18. The van der Waals surface area contributed by atoms with E-state index in [1.807, 2.05) is 0 Å². The standard InChI is InChI=1S/C20H27NO2/c1-13-16(9-8-15-6-4-3-5-7-15)17(10-20(22)23)14(2)19-12-21-11-18(13)19/h8-9,15,21H,3-7,10-12H2,1-2H3,(H,22,23)/b9-8+. The molecule has 1 saturated carbocycles. The maximum absolute atomic E-state index is 11.4. The SMILES string of the molecule is Cc1c(/C=C/C2CCCCC2)c(CC(=O)O)c(C)c2c1CNC2. The summed E-state index contributed by atoms with van der Waals surface area (Å²) < 4.78 is 0. The van der Waals surface area contributed by atoms with Crippen LogP contribution in [0.2, 0.25) is 0 Å². The molecule has 23 heavy (non-hydrogen) atoms. The number of benzene rings is 1. The first-order chi connectivity index (χ1) is 11.1. The number of carboxylic acid groups (broad SMARTS) is 1. The van der Waals surface area contributed by atoms with Crippen LogP contribution in [-0.2, 0) is 24.3 Å². The summed E-state index contributed by atoms with van der Waals surface area (Å²) in [5.74, 6) is -0.0850. The van der Waals surface area contributed by atoms with Gasteiger partial charge >= 0.3 is 5.97 Å². The molecule has 0 aromatic heterocycles. The Labute approximate surface area is 138 Å². The highest BCUT2D eigenvalue weighted by atomic mass is 16.4. The lowest BCUT2D eigenvalue weighted by molar-refractivity contribution is -0.136. The van der Waals surface area contributed by atoms with E-state index in [0.717, 1.165) is 24.2 Å². The lowest BCUT2D eigenvalue weighted by atomic mass is 9.85. The molecule has 2 aliphatic rings. The van der Waals surface area contributed by atoms with E-state index in [2.05, 4.69) is 31.3 Å². The summed E-state index contributed by atoms with van der Waals surface area (Å²) >= 11 is 0. The minimum absolute atomic E-state index is 0.115. The van der Waals surface area contributed by atoms with Crippen molar-refractivity contribution in [2.75, 3.05) is 0 Å². The average molecular weight is 313 g/mol. The molecule has 0 amide bonds. The number of hydrogen-bond donors (Lipinski definition) is 2. The molecule has 0 saturated heterocycles. The Bertz CT molecular complexity index is 640. The Balaban J connectivity index is 2.01. The zero-order valence-electron chi connectivity index (χ0n) is 14.2. The van der Waals surface area contributed by atoms with Crippen molar-refractivity contribution in [1.29, 1.82) is 0 Å². The van der Waals surface area contributed by atoms with Gasteiger partial charge in [0.15, 0.2) is 0 Å². The fraction of sp³-hybridized carbons (Fsp3) is 0.550. The fourth-order valence-electron chi connectivity index (χ4n) is 4.18. The average Bonchev–Trinajstić information content (AvgIpc) is 3.02. The van der Waals surface area contributed by atoms with Gasteiger partial charge in [-0.1, -0.05) is 31.4 Å². The molecule has 3 nitrogen and oxygen atoms in total. The van der Waals surface area contributed by atoms with Crippen LogP contribution in [0, 0.1) is 19.8 Å². The lowest BCUT2D eigenvalue weighted by Gasteiger charge is -2.20. The number of rotatable bonds is 4. The van der Waals surface area contributed by atoms with E-state index >= 15 is 0 Å². The Morgan fingerprint density at radius 1 is 1.13 bits per heavy atom. The van der Waals surface area contributed by atoms with Crippen molar-refractivity contribution < 1.29 is 9.90 Å². The first kappa shape index (κ1) is 16.3. The van der Waals surface area contributed by atoms with Crippen molar-refractivity contribution in [3.05, 3.63) is 39.5 Å². The van der Waals surface area contributed by atoms with E-state index in [1.165, 1.54) is 54.4 Å². The zero-order valence-corrected chi connectivity index (χ0v) is 14.2. The molecule has 2 N–H and O–H groups in total. The lowest BCUT2D eigenvalue weighted by Crippen LogP contribution is -2.09. The Morgan fingerprint density at radius 2 is 1.78 bits per heavy atom. The predicted molar refractivity (Wildman–Crippen MR) is 93.4 cm³/mol. The largest absolute Gasteiger partial charge is 0.481 e. The Morgan fingerprint density at radius 3 is 2.43 bits per heavy atom. The van der Waals surface area contributed by atoms with Gasteiger partial charge in [0.2, 0.25) is 0 Å². The van der Waals surface area contributed by atoms with E-state index in [9.17, 15) is 9.90 Å². The van der Waals surface area contributed by atoms with Crippen LogP contribution in [-0.4, -0.2) is 11.1 Å². The molecule has 3 rings (SSSR count). The van der Waals surface area contributed by atoms with E-state index < -0.39 is 5.97 Å². The van der Waals surface area contributed by atoms with Gasteiger partial charge in [0.05, 0.1) is 6.42 Å². The van der Waals surface area contributed by atoms with E-state index in [4.69, 9.17) is 0 Å². The number of nitrogens with one attached hydrogen (secondary N) is 1. The molecule has 0 radical (unpaired) electrons. The van der Waals surface area contributed by atoms with Crippen LogP contribution < -0.4 is 5.32 Å². The second-order valence-corrected chi connectivity index (χ2v) is 7.03. The highest BCUT2D eigenvalue weighted by molar-refractivity contribution is 5.76. The van der Waals surface area contributed by atoms with E-state index in [-0.39, 0.29) is 6.42 Å². The van der Waals surface area contributed by atoms with Crippen molar-refractivity contribution in [2.24, 2.45) is 5.92 Å². The number of fused-ring (bicyclic) bond motifs is 1. The van der Waals surface area contributed by atoms with Gasteiger partial charge in [-0.15, -0.1) is 0 Å². The van der Waals surface area contributed by atoms with Crippen molar-refractivity contribution in [1.82, 2.24) is 5.32 Å². The second kappa shape index (κ2) is 6.88. The van der Waals surface area contributed by atoms with Gasteiger partial charge in [0.25, 0.3) is 0 Å². The summed E-state index contributed by atoms with van der Waals surface area (Å²) in [6, 6.07) is 0. The van der Waals surface area contributed by atoms with Gasteiger partial charge in [-0.25, -0.2) is 0 Å². The minimum atomic E-state index is -0.745. The molecule has 0 unspecified atom stereocenters. The predicted octanol–water partition coefficient (Wildman–Crippen LogP) is 4.13. The monoisotopic (exact) mass is 313 g/mol. The van der Waals surface area contributed by atoms with Crippen molar-refractivity contribution in [3.63, 3.8) is 0 Å². The van der Waals surface area contributed by atoms with Crippen molar-refractivity contribution in [3.8, 4) is 0 Å².